The highest BCUT2D eigenvalue weighted by Gasteiger charge is 2.51. The van der Waals surface area contributed by atoms with Crippen molar-refractivity contribution in [2.24, 2.45) is 10.9 Å². The number of pyridine rings is 1. The molecule has 5 nitrogen and oxygen atoms in total. The van der Waals surface area contributed by atoms with Gasteiger partial charge in [0.2, 0.25) is 0 Å². The first kappa shape index (κ1) is 11.2. The fourth-order valence-corrected chi connectivity index (χ4v) is 3.51. The van der Waals surface area contributed by atoms with Crippen LogP contribution in [0.4, 0.5) is 5.69 Å². The number of hydrogen-bond acceptors (Lipinski definition) is 5. The van der Waals surface area contributed by atoms with Crippen LogP contribution in [0.25, 0.3) is 0 Å². The number of amidine groups is 1. The monoisotopic (exact) mass is 258 g/mol. The first-order valence-corrected chi connectivity index (χ1v) is 6.97. The van der Waals surface area contributed by atoms with E-state index in [2.05, 4.69) is 20.2 Å². The van der Waals surface area contributed by atoms with Crippen LogP contribution in [0.5, 0.6) is 0 Å². The van der Waals surface area contributed by atoms with Gasteiger partial charge < -0.3 is 10.1 Å². The molecule has 0 saturated carbocycles. The number of nitrogens with one attached hydrogen (secondary N) is 1. The number of ether oxygens (including phenoxy) is 1. The highest BCUT2D eigenvalue weighted by atomic mass is 16.5. The van der Waals surface area contributed by atoms with Gasteiger partial charge in [0.25, 0.3) is 6.02 Å². The fourth-order valence-electron chi connectivity index (χ4n) is 3.51. The van der Waals surface area contributed by atoms with E-state index in [9.17, 15) is 0 Å². The minimum Gasteiger partial charge on any atom is -0.455 e. The van der Waals surface area contributed by atoms with Gasteiger partial charge in [0.15, 0.2) is 0 Å². The molecule has 0 radical (unpaired) electrons. The van der Waals surface area contributed by atoms with E-state index in [-0.39, 0.29) is 5.60 Å². The Hall–Kier alpha value is -1.62. The molecule has 0 aliphatic carbocycles. The van der Waals surface area contributed by atoms with Crippen molar-refractivity contribution in [1.29, 1.82) is 0 Å². The van der Waals surface area contributed by atoms with E-state index in [1.165, 1.54) is 25.9 Å². The van der Waals surface area contributed by atoms with Crippen molar-refractivity contribution in [2.45, 2.75) is 18.4 Å². The Morgan fingerprint density at radius 1 is 1.37 bits per heavy atom. The molecule has 0 aromatic carbocycles. The molecular weight excluding hydrogens is 240 g/mol. The zero-order valence-electron chi connectivity index (χ0n) is 10.9. The quantitative estimate of drug-likeness (QED) is 0.826. The number of rotatable bonds is 1. The fraction of sp³-hybridized carbons (Fsp3) is 0.571. The highest BCUT2D eigenvalue weighted by molar-refractivity contribution is 5.90. The standard InChI is InChI=1S/C14H18N4O/c1-2-12(8-15-5-1)17-13-16-9-14(19-13)10-18-6-3-11(14)4-7-18/h1-2,5,8,11H,3-4,6-7,9-10H2,(H,16,17)/t14-/m1/s1. The third-order valence-electron chi connectivity index (χ3n) is 4.53. The molecule has 4 aliphatic rings. The van der Waals surface area contributed by atoms with Crippen LogP contribution in [0.3, 0.4) is 0 Å². The first-order valence-electron chi connectivity index (χ1n) is 6.97. The molecule has 1 spiro atoms. The summed E-state index contributed by atoms with van der Waals surface area (Å²) in [5.74, 6) is 0.662. The molecule has 0 unspecified atom stereocenters. The lowest BCUT2D eigenvalue weighted by Crippen LogP contribution is -2.61. The second kappa shape index (κ2) is 4.20. The largest absolute Gasteiger partial charge is 0.455 e. The summed E-state index contributed by atoms with van der Waals surface area (Å²) < 4.78 is 6.20. The smallest absolute Gasteiger partial charge is 0.290 e. The van der Waals surface area contributed by atoms with Gasteiger partial charge in [-0.1, -0.05) is 0 Å². The molecule has 2 bridgehead atoms. The molecule has 4 aliphatic heterocycles. The van der Waals surface area contributed by atoms with Gasteiger partial charge in [0.05, 0.1) is 18.4 Å². The van der Waals surface area contributed by atoms with Crippen LogP contribution in [-0.4, -0.2) is 47.7 Å². The molecule has 3 fully saturated rings. The van der Waals surface area contributed by atoms with E-state index >= 15 is 0 Å². The van der Waals surface area contributed by atoms with Crippen LogP contribution in [-0.2, 0) is 4.74 Å². The number of anilines is 1. The van der Waals surface area contributed by atoms with Gasteiger partial charge >= 0.3 is 0 Å². The van der Waals surface area contributed by atoms with Crippen LogP contribution in [0.2, 0.25) is 0 Å². The normalized spacial score (nSPS) is 36.1. The van der Waals surface area contributed by atoms with Crippen molar-refractivity contribution in [1.82, 2.24) is 9.88 Å². The van der Waals surface area contributed by atoms with E-state index in [1.54, 1.807) is 12.4 Å². The lowest BCUT2D eigenvalue weighted by Gasteiger charge is -2.50. The van der Waals surface area contributed by atoms with Gasteiger partial charge in [0.1, 0.15) is 5.60 Å². The lowest BCUT2D eigenvalue weighted by molar-refractivity contribution is -0.0829. The molecule has 1 atom stereocenters. The Balaban J connectivity index is 1.48. The van der Waals surface area contributed by atoms with Crippen molar-refractivity contribution in [3.63, 3.8) is 0 Å². The van der Waals surface area contributed by atoms with Crippen LogP contribution < -0.4 is 5.32 Å². The first-order chi connectivity index (χ1) is 9.34. The molecule has 3 saturated heterocycles. The molecule has 1 aromatic heterocycles. The average Bonchev–Trinajstić information content (AvgIpc) is 2.84. The topological polar surface area (TPSA) is 49.8 Å². The molecule has 5 rings (SSSR count). The molecule has 1 N–H and O–H groups in total. The molecular formula is C14H18N4O. The van der Waals surface area contributed by atoms with Crippen molar-refractivity contribution >= 4 is 11.7 Å². The van der Waals surface area contributed by atoms with Crippen LogP contribution >= 0.6 is 0 Å². The summed E-state index contributed by atoms with van der Waals surface area (Å²) in [4.78, 5) is 11.1. The van der Waals surface area contributed by atoms with Crippen molar-refractivity contribution in [3.05, 3.63) is 24.5 Å². The summed E-state index contributed by atoms with van der Waals surface area (Å²) in [6, 6.07) is 4.53. The predicted molar refractivity (Wildman–Crippen MR) is 73.1 cm³/mol. The predicted octanol–water partition coefficient (Wildman–Crippen LogP) is 1.34. The van der Waals surface area contributed by atoms with Gasteiger partial charge in [-0.2, -0.15) is 0 Å². The van der Waals surface area contributed by atoms with Crippen molar-refractivity contribution in [3.8, 4) is 0 Å². The van der Waals surface area contributed by atoms with E-state index in [4.69, 9.17) is 4.74 Å². The number of aromatic nitrogens is 1. The van der Waals surface area contributed by atoms with Crippen LogP contribution in [0, 0.1) is 5.92 Å². The zero-order valence-corrected chi connectivity index (χ0v) is 10.9. The van der Waals surface area contributed by atoms with E-state index in [0.717, 1.165) is 18.8 Å². The van der Waals surface area contributed by atoms with Crippen LogP contribution in [0.15, 0.2) is 29.5 Å². The average molecular weight is 258 g/mol. The molecule has 100 valence electrons. The Kier molecular flexibility index (Phi) is 2.48. The van der Waals surface area contributed by atoms with Crippen molar-refractivity contribution < 1.29 is 4.74 Å². The lowest BCUT2D eigenvalue weighted by atomic mass is 9.75. The molecule has 0 amide bonds. The Labute approximate surface area is 112 Å². The van der Waals surface area contributed by atoms with Gasteiger partial charge in [-0.15, -0.1) is 0 Å². The third kappa shape index (κ3) is 1.89. The van der Waals surface area contributed by atoms with E-state index in [0.29, 0.717) is 11.9 Å². The Bertz CT molecular complexity index is 495. The number of hydrogen-bond donors (Lipinski definition) is 1. The molecule has 5 heteroatoms. The minimum absolute atomic E-state index is 0.0684. The number of nitrogens with zero attached hydrogens (tertiary/aromatic N) is 3. The summed E-state index contributed by atoms with van der Waals surface area (Å²) in [5, 5.41) is 3.22. The third-order valence-corrected chi connectivity index (χ3v) is 4.53. The maximum Gasteiger partial charge on any atom is 0.290 e. The number of fused-ring (bicyclic) bond motifs is 2. The van der Waals surface area contributed by atoms with Gasteiger partial charge in [0, 0.05) is 18.7 Å². The molecule has 19 heavy (non-hydrogen) atoms. The maximum absolute atomic E-state index is 6.20. The van der Waals surface area contributed by atoms with Crippen LogP contribution in [0.1, 0.15) is 12.8 Å². The Morgan fingerprint density at radius 2 is 2.26 bits per heavy atom. The SMILES string of the molecule is c1cncc(NC2=NC[C@]3(CN4CCC3CC4)O2)c1. The summed E-state index contributed by atoms with van der Waals surface area (Å²) in [5.41, 5.74) is 0.862. The number of aliphatic imine (C=N–C) groups is 1. The highest BCUT2D eigenvalue weighted by Crippen LogP contribution is 2.40. The van der Waals surface area contributed by atoms with Gasteiger partial charge in [-0.05, 0) is 38.1 Å². The van der Waals surface area contributed by atoms with Gasteiger partial charge in [-0.3, -0.25) is 9.88 Å². The van der Waals surface area contributed by atoms with Gasteiger partial charge in [-0.25, -0.2) is 4.99 Å². The summed E-state index contributed by atoms with van der Waals surface area (Å²) >= 11 is 0. The van der Waals surface area contributed by atoms with E-state index in [1.807, 2.05) is 12.1 Å². The molecule has 1 aromatic rings. The number of piperidine rings is 3. The minimum atomic E-state index is -0.0684. The second-order valence-corrected chi connectivity index (χ2v) is 5.71. The maximum atomic E-state index is 6.20. The van der Waals surface area contributed by atoms with Crippen molar-refractivity contribution in [2.75, 3.05) is 31.5 Å². The summed E-state index contributed by atoms with van der Waals surface area (Å²) in [6.45, 7) is 4.26. The zero-order chi connectivity index (χ0) is 12.7. The second-order valence-electron chi connectivity index (χ2n) is 5.71. The summed E-state index contributed by atoms with van der Waals surface area (Å²) in [6.07, 6.45) is 6.04. The summed E-state index contributed by atoms with van der Waals surface area (Å²) in [7, 11) is 0. The Morgan fingerprint density at radius 3 is 2.95 bits per heavy atom. The van der Waals surface area contributed by atoms with E-state index < -0.39 is 0 Å². The molecule has 5 heterocycles.